The Morgan fingerprint density at radius 1 is 1.60 bits per heavy atom. The number of benzene rings is 1. The van der Waals surface area contributed by atoms with Crippen molar-refractivity contribution in [2.24, 2.45) is 0 Å². The molecule has 0 spiro atoms. The Bertz CT molecular complexity index is 364. The summed E-state index contributed by atoms with van der Waals surface area (Å²) in [6, 6.07) is 4.97. The fourth-order valence-electron chi connectivity index (χ4n) is 1.24. The van der Waals surface area contributed by atoms with Crippen molar-refractivity contribution < 1.29 is 9.53 Å². The van der Waals surface area contributed by atoms with E-state index in [4.69, 9.17) is 22.1 Å². The molecule has 4 heteroatoms. The highest BCUT2D eigenvalue weighted by Gasteiger charge is 2.17. The molecule has 0 aliphatic heterocycles. The molecule has 15 heavy (non-hydrogen) atoms. The summed E-state index contributed by atoms with van der Waals surface area (Å²) in [6.07, 6.45) is 0. The number of anilines is 1. The van der Waals surface area contributed by atoms with Crippen molar-refractivity contribution in [1.29, 1.82) is 0 Å². The molecule has 0 saturated carbocycles. The largest absolute Gasteiger partial charge is 0.493 e. The van der Waals surface area contributed by atoms with E-state index < -0.39 is 5.38 Å². The second-order valence-corrected chi connectivity index (χ2v) is 3.82. The topological polar surface area (TPSA) is 52.3 Å². The molecule has 1 aromatic carbocycles. The summed E-state index contributed by atoms with van der Waals surface area (Å²) >= 11 is 5.74. The Morgan fingerprint density at radius 2 is 2.27 bits per heavy atom. The lowest BCUT2D eigenvalue weighted by Crippen LogP contribution is -2.13. The lowest BCUT2D eigenvalue weighted by Gasteiger charge is -2.10. The zero-order chi connectivity index (χ0) is 11.4. The van der Waals surface area contributed by atoms with Gasteiger partial charge in [0.1, 0.15) is 5.75 Å². The van der Waals surface area contributed by atoms with Crippen molar-refractivity contribution in [1.82, 2.24) is 0 Å². The number of ether oxygens (including phenoxy) is 1. The molecule has 3 nitrogen and oxygen atoms in total. The zero-order valence-electron chi connectivity index (χ0n) is 8.79. The van der Waals surface area contributed by atoms with Gasteiger partial charge in [-0.05, 0) is 32.0 Å². The van der Waals surface area contributed by atoms with Crippen LogP contribution < -0.4 is 10.5 Å². The number of nitrogens with two attached hydrogens (primary N) is 1. The third-order valence-corrected chi connectivity index (χ3v) is 2.13. The molecule has 0 aliphatic rings. The van der Waals surface area contributed by atoms with Crippen LogP contribution in [0.2, 0.25) is 0 Å². The number of hydrogen-bond donors (Lipinski definition) is 1. The summed E-state index contributed by atoms with van der Waals surface area (Å²) in [7, 11) is 0. The average molecular weight is 228 g/mol. The lowest BCUT2D eigenvalue weighted by molar-refractivity contribution is 0.0988. The maximum Gasteiger partial charge on any atom is 0.184 e. The van der Waals surface area contributed by atoms with E-state index in [-0.39, 0.29) is 5.78 Å². The average Bonchev–Trinajstić information content (AvgIpc) is 2.20. The van der Waals surface area contributed by atoms with Gasteiger partial charge in [-0.25, -0.2) is 0 Å². The van der Waals surface area contributed by atoms with E-state index in [9.17, 15) is 4.79 Å². The maximum atomic E-state index is 11.7. The molecule has 0 bridgehead atoms. The number of ketones is 1. The standard InChI is InChI=1S/C11H14ClNO2/c1-3-15-10-5-4-8(13)6-9(10)11(14)7(2)12/h4-7H,3,13H2,1-2H3. The van der Waals surface area contributed by atoms with E-state index in [1.54, 1.807) is 25.1 Å². The predicted molar refractivity (Wildman–Crippen MR) is 61.7 cm³/mol. The van der Waals surface area contributed by atoms with Crippen LogP contribution in [-0.4, -0.2) is 17.8 Å². The SMILES string of the molecule is CCOc1ccc(N)cc1C(=O)C(C)Cl. The van der Waals surface area contributed by atoms with E-state index in [1.165, 1.54) is 0 Å². The van der Waals surface area contributed by atoms with E-state index >= 15 is 0 Å². The molecular formula is C11H14ClNO2. The molecule has 0 saturated heterocycles. The Labute approximate surface area is 94.2 Å². The summed E-state index contributed by atoms with van der Waals surface area (Å²) in [4.78, 5) is 11.7. The normalized spacial score (nSPS) is 12.2. The molecule has 0 amide bonds. The smallest absolute Gasteiger partial charge is 0.184 e. The van der Waals surface area contributed by atoms with Crippen molar-refractivity contribution in [2.45, 2.75) is 19.2 Å². The third-order valence-electron chi connectivity index (χ3n) is 1.93. The third kappa shape index (κ3) is 2.86. The Balaban J connectivity index is 3.12. The zero-order valence-corrected chi connectivity index (χ0v) is 9.54. The Hall–Kier alpha value is -1.22. The van der Waals surface area contributed by atoms with Gasteiger partial charge in [0, 0.05) is 5.69 Å². The first-order valence-corrected chi connectivity index (χ1v) is 5.20. The molecule has 0 radical (unpaired) electrons. The van der Waals surface area contributed by atoms with Crippen LogP contribution in [0.25, 0.3) is 0 Å². The van der Waals surface area contributed by atoms with Gasteiger partial charge in [-0.15, -0.1) is 11.6 Å². The molecule has 82 valence electrons. The number of alkyl halides is 1. The highest BCUT2D eigenvalue weighted by molar-refractivity contribution is 6.34. The van der Waals surface area contributed by atoms with Gasteiger partial charge in [0.25, 0.3) is 0 Å². The monoisotopic (exact) mass is 227 g/mol. The minimum atomic E-state index is -0.578. The fourth-order valence-corrected chi connectivity index (χ4v) is 1.35. The molecule has 1 rings (SSSR count). The minimum absolute atomic E-state index is 0.174. The summed E-state index contributed by atoms with van der Waals surface area (Å²) in [5.41, 5.74) is 6.58. The van der Waals surface area contributed by atoms with Gasteiger partial charge < -0.3 is 10.5 Å². The number of nitrogen functional groups attached to an aromatic ring is 1. The van der Waals surface area contributed by atoms with E-state index in [1.807, 2.05) is 6.92 Å². The molecule has 2 N–H and O–H groups in total. The van der Waals surface area contributed by atoms with Crippen LogP contribution in [0.1, 0.15) is 24.2 Å². The molecule has 1 atom stereocenters. The molecule has 1 unspecified atom stereocenters. The molecule has 0 aliphatic carbocycles. The minimum Gasteiger partial charge on any atom is -0.493 e. The maximum absolute atomic E-state index is 11.7. The quantitative estimate of drug-likeness (QED) is 0.489. The first kappa shape index (κ1) is 11.9. The van der Waals surface area contributed by atoms with Gasteiger partial charge in [-0.1, -0.05) is 0 Å². The molecule has 1 aromatic rings. The van der Waals surface area contributed by atoms with Crippen LogP contribution in [0.3, 0.4) is 0 Å². The first-order chi connectivity index (χ1) is 7.06. The van der Waals surface area contributed by atoms with Gasteiger partial charge in [0.05, 0.1) is 17.5 Å². The molecule has 0 aromatic heterocycles. The van der Waals surface area contributed by atoms with Crippen LogP contribution in [0, 0.1) is 0 Å². The van der Waals surface area contributed by atoms with Gasteiger partial charge >= 0.3 is 0 Å². The lowest BCUT2D eigenvalue weighted by atomic mass is 10.1. The van der Waals surface area contributed by atoms with E-state index in [0.29, 0.717) is 23.6 Å². The van der Waals surface area contributed by atoms with E-state index in [0.717, 1.165) is 0 Å². The van der Waals surface area contributed by atoms with Gasteiger partial charge in [-0.3, -0.25) is 4.79 Å². The highest BCUT2D eigenvalue weighted by Crippen LogP contribution is 2.24. The Morgan fingerprint density at radius 3 is 2.80 bits per heavy atom. The van der Waals surface area contributed by atoms with Crippen molar-refractivity contribution in [3.63, 3.8) is 0 Å². The molecule has 0 heterocycles. The van der Waals surface area contributed by atoms with Crippen LogP contribution >= 0.6 is 11.6 Å². The van der Waals surface area contributed by atoms with E-state index in [2.05, 4.69) is 0 Å². The summed E-state index contributed by atoms with van der Waals surface area (Å²) in [6.45, 7) is 3.98. The highest BCUT2D eigenvalue weighted by atomic mass is 35.5. The second-order valence-electron chi connectivity index (χ2n) is 3.17. The van der Waals surface area contributed by atoms with Crippen molar-refractivity contribution in [2.75, 3.05) is 12.3 Å². The molecular weight excluding hydrogens is 214 g/mol. The summed E-state index contributed by atoms with van der Waals surface area (Å²) < 4.78 is 5.33. The summed E-state index contributed by atoms with van der Waals surface area (Å²) in [5, 5.41) is -0.578. The molecule has 0 fully saturated rings. The van der Waals surface area contributed by atoms with Crippen LogP contribution in [0.5, 0.6) is 5.75 Å². The fraction of sp³-hybridized carbons (Fsp3) is 0.364. The van der Waals surface area contributed by atoms with Crippen LogP contribution in [-0.2, 0) is 0 Å². The van der Waals surface area contributed by atoms with Gasteiger partial charge in [0.2, 0.25) is 0 Å². The van der Waals surface area contributed by atoms with Crippen LogP contribution in [0.15, 0.2) is 18.2 Å². The van der Waals surface area contributed by atoms with Crippen molar-refractivity contribution in [3.8, 4) is 5.75 Å². The number of carbonyl (C=O) groups excluding carboxylic acids is 1. The van der Waals surface area contributed by atoms with Crippen molar-refractivity contribution >= 4 is 23.1 Å². The predicted octanol–water partition coefficient (Wildman–Crippen LogP) is 2.48. The number of rotatable bonds is 4. The summed E-state index contributed by atoms with van der Waals surface area (Å²) in [5.74, 6) is 0.358. The van der Waals surface area contributed by atoms with Gasteiger partial charge in [-0.2, -0.15) is 0 Å². The van der Waals surface area contributed by atoms with Crippen molar-refractivity contribution in [3.05, 3.63) is 23.8 Å². The Kier molecular flexibility index (Phi) is 3.97. The first-order valence-electron chi connectivity index (χ1n) is 4.76. The number of carbonyl (C=O) groups is 1. The van der Waals surface area contributed by atoms with Gasteiger partial charge in [0.15, 0.2) is 5.78 Å². The van der Waals surface area contributed by atoms with Crippen LogP contribution in [0.4, 0.5) is 5.69 Å². The number of halogens is 1. The number of Topliss-reactive ketones (excluding diaryl/α,β-unsaturated/α-hetero) is 1. The number of hydrogen-bond acceptors (Lipinski definition) is 3. The second kappa shape index (κ2) is 5.03.